The highest BCUT2D eigenvalue weighted by molar-refractivity contribution is 6.30. The summed E-state index contributed by atoms with van der Waals surface area (Å²) in [6.07, 6.45) is 8.96. The van der Waals surface area contributed by atoms with E-state index in [2.05, 4.69) is 34.9 Å². The molecule has 3 aromatic heterocycles. The number of nitrogens with zero attached hydrogens (tertiary/aromatic N) is 8. The van der Waals surface area contributed by atoms with Gasteiger partial charge in [0.2, 0.25) is 11.6 Å². The normalized spacial score (nSPS) is 15.7. The first-order chi connectivity index (χ1) is 12.1. The highest BCUT2D eigenvalue weighted by Crippen LogP contribution is 2.25. The van der Waals surface area contributed by atoms with Gasteiger partial charge in [0.15, 0.2) is 5.82 Å². The van der Waals surface area contributed by atoms with Crippen molar-refractivity contribution in [3.8, 4) is 0 Å². The fourth-order valence-corrected chi connectivity index (χ4v) is 3.37. The van der Waals surface area contributed by atoms with Gasteiger partial charge in [0.25, 0.3) is 0 Å². The van der Waals surface area contributed by atoms with E-state index in [4.69, 9.17) is 11.6 Å². The van der Waals surface area contributed by atoms with Crippen molar-refractivity contribution in [3.63, 3.8) is 0 Å². The van der Waals surface area contributed by atoms with Crippen LogP contribution >= 0.6 is 11.6 Å². The maximum atomic E-state index is 5.87. The molecule has 0 radical (unpaired) electrons. The van der Waals surface area contributed by atoms with Crippen LogP contribution in [0.4, 0.5) is 11.8 Å². The molecule has 0 unspecified atom stereocenters. The van der Waals surface area contributed by atoms with Crippen LogP contribution in [0.25, 0.3) is 5.65 Å². The van der Waals surface area contributed by atoms with Crippen LogP contribution in [0, 0.1) is 6.92 Å². The molecule has 0 amide bonds. The van der Waals surface area contributed by atoms with Crippen molar-refractivity contribution in [2.24, 2.45) is 0 Å². The van der Waals surface area contributed by atoms with Gasteiger partial charge in [-0.15, -0.1) is 10.2 Å². The Bertz CT molecular complexity index is 869. The number of aryl methyl sites for hydroxylation is 1. The summed E-state index contributed by atoms with van der Waals surface area (Å²) >= 11 is 5.87. The third-order valence-electron chi connectivity index (χ3n) is 4.71. The first-order valence-electron chi connectivity index (χ1n) is 8.25. The van der Waals surface area contributed by atoms with Gasteiger partial charge in [0.1, 0.15) is 5.82 Å². The largest absolute Gasteiger partial charge is 0.353 e. The van der Waals surface area contributed by atoms with E-state index in [1.165, 1.54) is 0 Å². The molecular weight excluding hydrogens is 340 g/mol. The Labute approximate surface area is 150 Å². The topological polar surface area (TPSA) is 75.3 Å². The van der Waals surface area contributed by atoms with Crippen LogP contribution in [-0.4, -0.2) is 55.7 Å². The van der Waals surface area contributed by atoms with Gasteiger partial charge in [-0.2, -0.15) is 0 Å². The number of fused-ring (bicyclic) bond motifs is 1. The summed E-state index contributed by atoms with van der Waals surface area (Å²) in [5.74, 6) is 2.47. The van der Waals surface area contributed by atoms with Gasteiger partial charge in [-0.3, -0.25) is 4.40 Å². The molecule has 25 heavy (non-hydrogen) atoms. The molecule has 4 heterocycles. The van der Waals surface area contributed by atoms with E-state index in [0.29, 0.717) is 17.0 Å². The summed E-state index contributed by atoms with van der Waals surface area (Å²) in [6, 6.07) is 0.386. The Morgan fingerprint density at radius 2 is 1.84 bits per heavy atom. The van der Waals surface area contributed by atoms with Crippen molar-refractivity contribution in [2.75, 3.05) is 29.9 Å². The summed E-state index contributed by atoms with van der Waals surface area (Å²) in [5.41, 5.74) is 0.813. The lowest BCUT2D eigenvalue weighted by atomic mass is 10.0. The molecule has 1 aliphatic rings. The van der Waals surface area contributed by atoms with Crippen LogP contribution in [0.5, 0.6) is 0 Å². The number of halogens is 1. The molecule has 0 aliphatic carbocycles. The minimum atomic E-state index is 0.386. The van der Waals surface area contributed by atoms with Crippen molar-refractivity contribution in [1.29, 1.82) is 0 Å². The van der Waals surface area contributed by atoms with Crippen LogP contribution in [0.1, 0.15) is 18.7 Å². The third-order valence-corrected chi connectivity index (χ3v) is 4.91. The lowest BCUT2D eigenvalue weighted by molar-refractivity contribution is 0.475. The molecule has 0 N–H and O–H groups in total. The SMILES string of the molecule is Cc1nnc2c(N3CCC(N(C)c4ncc(Cl)cn4)CC3)nccn12. The van der Waals surface area contributed by atoms with Crippen molar-refractivity contribution in [2.45, 2.75) is 25.8 Å². The molecule has 3 aromatic rings. The van der Waals surface area contributed by atoms with E-state index in [9.17, 15) is 0 Å². The molecule has 1 saturated heterocycles. The Hall–Kier alpha value is -2.48. The standard InChI is InChI=1S/C16H19ClN8/c1-11-21-22-15-14(18-5-8-25(11)15)24-6-3-13(4-7-24)23(2)16-19-9-12(17)10-20-16/h5,8-10,13H,3-4,6-7H2,1-2H3. The van der Waals surface area contributed by atoms with Gasteiger partial charge in [0, 0.05) is 38.6 Å². The predicted molar refractivity (Wildman–Crippen MR) is 96.2 cm³/mol. The van der Waals surface area contributed by atoms with E-state index in [0.717, 1.165) is 43.2 Å². The highest BCUT2D eigenvalue weighted by Gasteiger charge is 2.26. The zero-order valence-corrected chi connectivity index (χ0v) is 14.9. The molecule has 0 bridgehead atoms. The number of hydrogen-bond donors (Lipinski definition) is 0. The molecule has 130 valence electrons. The Morgan fingerprint density at radius 3 is 2.56 bits per heavy atom. The predicted octanol–water partition coefficient (Wildman–Crippen LogP) is 1.98. The van der Waals surface area contributed by atoms with E-state index in [-0.39, 0.29) is 0 Å². The second-order valence-corrected chi connectivity index (χ2v) is 6.66. The van der Waals surface area contributed by atoms with Gasteiger partial charge in [-0.05, 0) is 19.8 Å². The van der Waals surface area contributed by atoms with E-state index in [1.807, 2.05) is 24.6 Å². The first-order valence-corrected chi connectivity index (χ1v) is 8.63. The molecule has 4 rings (SSSR count). The van der Waals surface area contributed by atoms with E-state index in [1.54, 1.807) is 18.6 Å². The number of hydrogen-bond acceptors (Lipinski definition) is 7. The zero-order valence-electron chi connectivity index (χ0n) is 14.2. The maximum absolute atomic E-state index is 5.87. The second-order valence-electron chi connectivity index (χ2n) is 6.22. The summed E-state index contributed by atoms with van der Waals surface area (Å²) in [6.45, 7) is 3.75. The first kappa shape index (κ1) is 16.0. The van der Waals surface area contributed by atoms with Gasteiger partial charge in [-0.1, -0.05) is 11.6 Å². The average molecular weight is 359 g/mol. The summed E-state index contributed by atoms with van der Waals surface area (Å²) in [7, 11) is 2.03. The number of aromatic nitrogens is 6. The molecule has 0 spiro atoms. The van der Waals surface area contributed by atoms with Crippen LogP contribution < -0.4 is 9.80 Å². The Morgan fingerprint density at radius 1 is 1.12 bits per heavy atom. The lowest BCUT2D eigenvalue weighted by Crippen LogP contribution is -2.44. The molecular formula is C16H19ClN8. The average Bonchev–Trinajstić information content (AvgIpc) is 3.03. The Kier molecular flexibility index (Phi) is 4.12. The minimum absolute atomic E-state index is 0.386. The van der Waals surface area contributed by atoms with E-state index < -0.39 is 0 Å². The van der Waals surface area contributed by atoms with E-state index >= 15 is 0 Å². The fraction of sp³-hybridized carbons (Fsp3) is 0.438. The quantitative estimate of drug-likeness (QED) is 0.708. The molecule has 1 aliphatic heterocycles. The molecule has 0 saturated carbocycles. The third kappa shape index (κ3) is 2.97. The number of rotatable bonds is 3. The van der Waals surface area contributed by atoms with Crippen molar-refractivity contribution in [3.05, 3.63) is 35.6 Å². The number of piperidine rings is 1. The van der Waals surface area contributed by atoms with Crippen LogP contribution in [0.2, 0.25) is 5.02 Å². The number of anilines is 2. The molecule has 1 fully saturated rings. The van der Waals surface area contributed by atoms with Crippen LogP contribution in [0.15, 0.2) is 24.8 Å². The summed E-state index contributed by atoms with van der Waals surface area (Å²) in [4.78, 5) is 17.6. The monoisotopic (exact) mass is 358 g/mol. The molecule has 8 nitrogen and oxygen atoms in total. The minimum Gasteiger partial charge on any atom is -0.353 e. The lowest BCUT2D eigenvalue weighted by Gasteiger charge is -2.37. The second kappa shape index (κ2) is 6.44. The molecule has 9 heteroatoms. The summed E-state index contributed by atoms with van der Waals surface area (Å²) in [5, 5.41) is 8.97. The zero-order chi connectivity index (χ0) is 17.4. The molecule has 0 aromatic carbocycles. The molecule has 0 atom stereocenters. The van der Waals surface area contributed by atoms with Gasteiger partial charge in [-0.25, -0.2) is 15.0 Å². The van der Waals surface area contributed by atoms with Crippen LogP contribution in [0.3, 0.4) is 0 Å². The smallest absolute Gasteiger partial charge is 0.225 e. The maximum Gasteiger partial charge on any atom is 0.225 e. The van der Waals surface area contributed by atoms with Gasteiger partial charge in [0.05, 0.1) is 17.4 Å². The van der Waals surface area contributed by atoms with Crippen molar-refractivity contribution in [1.82, 2.24) is 29.5 Å². The summed E-state index contributed by atoms with van der Waals surface area (Å²) < 4.78 is 1.97. The van der Waals surface area contributed by atoms with Crippen LogP contribution in [-0.2, 0) is 0 Å². The van der Waals surface area contributed by atoms with Crippen molar-refractivity contribution >= 4 is 29.0 Å². The van der Waals surface area contributed by atoms with Crippen molar-refractivity contribution < 1.29 is 0 Å². The Balaban J connectivity index is 1.48. The van der Waals surface area contributed by atoms with Gasteiger partial charge < -0.3 is 9.80 Å². The fourth-order valence-electron chi connectivity index (χ4n) is 3.27. The van der Waals surface area contributed by atoms with Gasteiger partial charge >= 0.3 is 0 Å². The highest BCUT2D eigenvalue weighted by atomic mass is 35.5.